The third-order valence-corrected chi connectivity index (χ3v) is 4.99. The number of rotatable bonds is 6. The van der Waals surface area contributed by atoms with Gasteiger partial charge in [0, 0.05) is 16.7 Å². The maximum atomic E-state index is 12.7. The van der Waals surface area contributed by atoms with Gasteiger partial charge in [-0.15, -0.1) is 0 Å². The van der Waals surface area contributed by atoms with Crippen molar-refractivity contribution in [3.63, 3.8) is 0 Å². The van der Waals surface area contributed by atoms with E-state index in [2.05, 4.69) is 6.92 Å². The van der Waals surface area contributed by atoms with Gasteiger partial charge in [-0.05, 0) is 42.3 Å². The van der Waals surface area contributed by atoms with Gasteiger partial charge in [0.1, 0.15) is 30.0 Å². The van der Waals surface area contributed by atoms with Crippen molar-refractivity contribution in [2.24, 2.45) is 0 Å². The highest BCUT2D eigenvalue weighted by molar-refractivity contribution is 6.31. The molecule has 0 atom stereocenters. The molecule has 4 rings (SSSR count). The summed E-state index contributed by atoms with van der Waals surface area (Å²) in [7, 11) is 0. The average Bonchev–Trinajstić information content (AvgIpc) is 2.75. The highest BCUT2D eigenvalue weighted by Crippen LogP contribution is 2.25. The van der Waals surface area contributed by atoms with E-state index < -0.39 is 0 Å². The van der Waals surface area contributed by atoms with E-state index in [0.29, 0.717) is 34.1 Å². The molecule has 0 aliphatic rings. The van der Waals surface area contributed by atoms with E-state index in [1.165, 1.54) is 11.8 Å². The third-order valence-electron chi connectivity index (χ3n) is 4.63. The van der Waals surface area contributed by atoms with Crippen molar-refractivity contribution in [3.05, 3.63) is 99.4 Å². The summed E-state index contributed by atoms with van der Waals surface area (Å²) >= 11 is 6.15. The minimum atomic E-state index is -0.233. The van der Waals surface area contributed by atoms with E-state index in [1.54, 1.807) is 18.2 Å². The largest absolute Gasteiger partial charge is 0.489 e. The minimum absolute atomic E-state index is 0.145. The molecule has 0 aliphatic carbocycles. The van der Waals surface area contributed by atoms with Crippen molar-refractivity contribution in [1.29, 1.82) is 0 Å². The number of aryl methyl sites for hydroxylation is 1. The number of halogens is 1. The van der Waals surface area contributed by atoms with E-state index in [1.807, 2.05) is 48.5 Å². The highest BCUT2D eigenvalue weighted by Gasteiger charge is 2.11. The first-order chi connectivity index (χ1) is 14.1. The Morgan fingerprint density at radius 3 is 2.48 bits per heavy atom. The molecule has 0 radical (unpaired) electrons. The van der Waals surface area contributed by atoms with Crippen molar-refractivity contribution in [1.82, 2.24) is 0 Å². The Morgan fingerprint density at radius 2 is 1.72 bits per heavy atom. The summed E-state index contributed by atoms with van der Waals surface area (Å²) in [5, 5.41) is 1.08. The van der Waals surface area contributed by atoms with Gasteiger partial charge in [-0.2, -0.15) is 0 Å². The summed E-state index contributed by atoms with van der Waals surface area (Å²) in [5.41, 5.74) is 2.28. The maximum absolute atomic E-state index is 12.7. The molecular formula is C24H19ClO4. The molecular weight excluding hydrogens is 388 g/mol. The summed E-state index contributed by atoms with van der Waals surface area (Å²) in [6.07, 6.45) is 2.27. The topological polar surface area (TPSA) is 48.7 Å². The fourth-order valence-corrected chi connectivity index (χ4v) is 3.14. The van der Waals surface area contributed by atoms with E-state index >= 15 is 0 Å². The quantitative estimate of drug-likeness (QED) is 0.372. The van der Waals surface area contributed by atoms with Gasteiger partial charge in [-0.3, -0.25) is 4.79 Å². The van der Waals surface area contributed by atoms with E-state index in [0.717, 1.165) is 12.0 Å². The Hall–Kier alpha value is -3.24. The summed E-state index contributed by atoms with van der Waals surface area (Å²) in [6, 6.07) is 20.2. The van der Waals surface area contributed by atoms with Gasteiger partial charge in [0.25, 0.3) is 0 Å². The Kier molecular flexibility index (Phi) is 5.54. The Morgan fingerprint density at radius 1 is 0.966 bits per heavy atom. The van der Waals surface area contributed by atoms with Crippen LogP contribution in [0.2, 0.25) is 5.02 Å². The van der Waals surface area contributed by atoms with Crippen molar-refractivity contribution in [2.45, 2.75) is 20.0 Å². The third kappa shape index (κ3) is 4.28. The van der Waals surface area contributed by atoms with Crippen LogP contribution in [-0.2, 0) is 13.0 Å². The van der Waals surface area contributed by atoms with Crippen molar-refractivity contribution < 1.29 is 13.9 Å². The smallest absolute Gasteiger partial charge is 0.235 e. The molecule has 0 saturated heterocycles. The van der Waals surface area contributed by atoms with Gasteiger partial charge >= 0.3 is 0 Å². The molecule has 5 heteroatoms. The van der Waals surface area contributed by atoms with Crippen molar-refractivity contribution in [2.75, 3.05) is 0 Å². The van der Waals surface area contributed by atoms with E-state index in [-0.39, 0.29) is 11.2 Å². The van der Waals surface area contributed by atoms with E-state index in [4.69, 9.17) is 25.5 Å². The lowest BCUT2D eigenvalue weighted by Crippen LogP contribution is -2.05. The van der Waals surface area contributed by atoms with Gasteiger partial charge < -0.3 is 13.9 Å². The second-order valence-corrected chi connectivity index (χ2v) is 6.97. The first-order valence-corrected chi connectivity index (χ1v) is 9.70. The molecule has 29 heavy (non-hydrogen) atoms. The molecule has 0 amide bonds. The maximum Gasteiger partial charge on any atom is 0.235 e. The van der Waals surface area contributed by atoms with Gasteiger partial charge in [0.05, 0.1) is 5.39 Å². The minimum Gasteiger partial charge on any atom is -0.489 e. The van der Waals surface area contributed by atoms with Crippen molar-refractivity contribution in [3.8, 4) is 17.2 Å². The molecule has 0 saturated carbocycles. The van der Waals surface area contributed by atoms with Crippen LogP contribution < -0.4 is 14.9 Å². The van der Waals surface area contributed by atoms with E-state index in [9.17, 15) is 4.79 Å². The first kappa shape index (κ1) is 19.1. The van der Waals surface area contributed by atoms with Crippen LogP contribution in [0, 0.1) is 0 Å². The van der Waals surface area contributed by atoms with Gasteiger partial charge in [0.2, 0.25) is 11.2 Å². The zero-order chi connectivity index (χ0) is 20.2. The molecule has 3 aromatic carbocycles. The van der Waals surface area contributed by atoms with Crippen LogP contribution in [0.5, 0.6) is 17.2 Å². The number of hydrogen-bond donors (Lipinski definition) is 0. The average molecular weight is 407 g/mol. The van der Waals surface area contributed by atoms with Gasteiger partial charge in [-0.25, -0.2) is 0 Å². The summed E-state index contributed by atoms with van der Waals surface area (Å²) in [5.74, 6) is 1.32. The predicted octanol–water partition coefficient (Wildman–Crippen LogP) is 6.38. The monoisotopic (exact) mass is 406 g/mol. The standard InChI is InChI=1S/C24H19ClO4/c1-2-16-7-9-18(10-8-16)29-23-15-28-22-13-19(11-12-20(22)24(23)26)27-14-17-5-3-4-6-21(17)25/h3-13,15H,2,14H2,1H3. The zero-order valence-corrected chi connectivity index (χ0v) is 16.6. The number of benzene rings is 3. The number of ether oxygens (including phenoxy) is 2. The zero-order valence-electron chi connectivity index (χ0n) is 15.9. The van der Waals surface area contributed by atoms with Crippen LogP contribution in [0.15, 0.2) is 82.2 Å². The first-order valence-electron chi connectivity index (χ1n) is 9.32. The van der Waals surface area contributed by atoms with Crippen LogP contribution in [-0.4, -0.2) is 0 Å². The molecule has 0 aliphatic heterocycles. The second-order valence-electron chi connectivity index (χ2n) is 6.57. The lowest BCUT2D eigenvalue weighted by molar-refractivity contribution is 0.306. The SMILES string of the molecule is CCc1ccc(Oc2coc3cc(OCc4ccccc4Cl)ccc3c2=O)cc1. The predicted molar refractivity (Wildman–Crippen MR) is 114 cm³/mol. The molecule has 0 N–H and O–H groups in total. The van der Waals surface area contributed by atoms with Gasteiger partial charge in [-0.1, -0.05) is 48.9 Å². The summed E-state index contributed by atoms with van der Waals surface area (Å²) in [4.78, 5) is 12.7. The normalized spacial score (nSPS) is 10.8. The fourth-order valence-electron chi connectivity index (χ4n) is 2.95. The second kappa shape index (κ2) is 8.41. The molecule has 146 valence electrons. The molecule has 4 aromatic rings. The van der Waals surface area contributed by atoms with Crippen LogP contribution in [0.1, 0.15) is 18.1 Å². The molecule has 0 unspecified atom stereocenters. The Balaban J connectivity index is 1.54. The molecule has 0 bridgehead atoms. The molecule has 4 nitrogen and oxygen atoms in total. The lowest BCUT2D eigenvalue weighted by atomic mass is 10.2. The summed E-state index contributed by atoms with van der Waals surface area (Å²) in [6.45, 7) is 2.41. The summed E-state index contributed by atoms with van der Waals surface area (Å²) < 4.78 is 17.1. The number of hydrogen-bond acceptors (Lipinski definition) is 4. The van der Waals surface area contributed by atoms with Crippen molar-refractivity contribution >= 4 is 22.6 Å². The molecule has 1 aromatic heterocycles. The molecule has 0 spiro atoms. The molecule has 1 heterocycles. The van der Waals surface area contributed by atoms with Crippen LogP contribution >= 0.6 is 11.6 Å². The molecule has 0 fully saturated rings. The lowest BCUT2D eigenvalue weighted by Gasteiger charge is -2.09. The van der Waals surface area contributed by atoms with Gasteiger partial charge in [0.15, 0.2) is 0 Å². The highest BCUT2D eigenvalue weighted by atomic mass is 35.5. The Labute approximate surface area is 173 Å². The van der Waals surface area contributed by atoms with Crippen LogP contribution in [0.4, 0.5) is 0 Å². The fraction of sp³-hybridized carbons (Fsp3) is 0.125. The van der Waals surface area contributed by atoms with Crippen LogP contribution in [0.25, 0.3) is 11.0 Å². The number of fused-ring (bicyclic) bond motifs is 1. The Bertz CT molecular complexity index is 1200. The van der Waals surface area contributed by atoms with Crippen LogP contribution in [0.3, 0.4) is 0 Å².